The number of anilines is 2. The molecule has 0 radical (unpaired) electrons. The first-order chi connectivity index (χ1) is 16.1. The molecule has 4 rings (SSSR count). The lowest BCUT2D eigenvalue weighted by Crippen LogP contribution is -2.30. The smallest absolute Gasteiger partial charge is 0.322 e. The molecule has 2 aromatic carbocycles. The summed E-state index contributed by atoms with van der Waals surface area (Å²) in [5, 5.41) is 23.7. The largest absolute Gasteiger partial charge is 0.480 e. The van der Waals surface area contributed by atoms with Gasteiger partial charge >= 0.3 is 5.97 Å². The molecule has 0 bridgehead atoms. The van der Waals surface area contributed by atoms with E-state index in [1.54, 1.807) is 24.3 Å². The standard InChI is InChI=1S/C26H29N5O3/c1-16-10-20(13-26(2,3)12-16)31-22-9-6-18(24(34)28-15-23(32)33)11-21(22)30-25(31)29-19-7-4-17(14-27)5-8-19/h4-9,11,16,20H,10,12-13,15H2,1-3H3,(H,28,34)(H,29,30)(H,32,33)/t16-,20+/m0/s1. The zero-order valence-electron chi connectivity index (χ0n) is 19.6. The fraction of sp³-hybridized carbons (Fsp3) is 0.385. The molecule has 176 valence electrons. The van der Waals surface area contributed by atoms with Crippen LogP contribution in [0.2, 0.25) is 0 Å². The minimum Gasteiger partial charge on any atom is -0.480 e. The normalized spacial score (nSPS) is 19.4. The third kappa shape index (κ3) is 5.04. The van der Waals surface area contributed by atoms with Gasteiger partial charge in [0.1, 0.15) is 6.54 Å². The lowest BCUT2D eigenvalue weighted by Gasteiger charge is -2.40. The number of fused-ring (bicyclic) bond motifs is 1. The molecule has 0 aliphatic heterocycles. The maximum atomic E-state index is 12.4. The number of carboxylic acid groups (broad SMARTS) is 1. The Hall–Kier alpha value is -3.86. The van der Waals surface area contributed by atoms with Crippen LogP contribution in [-0.2, 0) is 4.79 Å². The SMILES string of the molecule is C[C@H]1C[C@@H](n2c(Nc3ccc(C#N)cc3)nc3cc(C(=O)NCC(=O)O)ccc32)CC(C)(C)C1. The summed E-state index contributed by atoms with van der Waals surface area (Å²) in [6.07, 6.45) is 3.20. The molecule has 8 nitrogen and oxygen atoms in total. The number of carboxylic acids is 1. The summed E-state index contributed by atoms with van der Waals surface area (Å²) in [6.45, 7) is 6.44. The molecule has 0 saturated heterocycles. The number of aliphatic carboxylic acids is 1. The topological polar surface area (TPSA) is 120 Å². The fourth-order valence-corrected chi connectivity index (χ4v) is 5.21. The van der Waals surface area contributed by atoms with Crippen molar-refractivity contribution in [1.29, 1.82) is 5.26 Å². The number of carbonyl (C=O) groups is 2. The zero-order chi connectivity index (χ0) is 24.5. The Balaban J connectivity index is 1.75. The average molecular weight is 460 g/mol. The van der Waals surface area contributed by atoms with E-state index < -0.39 is 18.4 Å². The van der Waals surface area contributed by atoms with Crippen LogP contribution < -0.4 is 10.6 Å². The second-order valence-corrected chi connectivity index (χ2v) is 9.97. The number of hydrogen-bond donors (Lipinski definition) is 3. The van der Waals surface area contributed by atoms with Crippen molar-refractivity contribution >= 4 is 34.5 Å². The molecular weight excluding hydrogens is 430 g/mol. The Bertz CT molecular complexity index is 1270. The van der Waals surface area contributed by atoms with Crippen LogP contribution in [0.5, 0.6) is 0 Å². The molecule has 8 heteroatoms. The fourth-order valence-electron chi connectivity index (χ4n) is 5.21. The molecule has 3 aromatic rings. The van der Waals surface area contributed by atoms with E-state index in [-0.39, 0.29) is 11.5 Å². The molecule has 2 atom stereocenters. The Morgan fingerprint density at radius 3 is 2.59 bits per heavy atom. The van der Waals surface area contributed by atoms with Gasteiger partial charge in [-0.25, -0.2) is 4.98 Å². The monoisotopic (exact) mass is 459 g/mol. The summed E-state index contributed by atoms with van der Waals surface area (Å²) in [4.78, 5) is 28.0. The van der Waals surface area contributed by atoms with Crippen molar-refractivity contribution in [1.82, 2.24) is 14.9 Å². The number of imidazole rings is 1. The van der Waals surface area contributed by atoms with E-state index in [1.807, 2.05) is 18.2 Å². The van der Waals surface area contributed by atoms with E-state index in [0.29, 0.717) is 28.5 Å². The van der Waals surface area contributed by atoms with Gasteiger partial charge in [0.2, 0.25) is 5.95 Å². The molecule has 34 heavy (non-hydrogen) atoms. The van der Waals surface area contributed by atoms with E-state index in [4.69, 9.17) is 15.4 Å². The van der Waals surface area contributed by atoms with Gasteiger partial charge in [-0.05, 0) is 73.1 Å². The number of carbonyl (C=O) groups excluding carboxylic acids is 1. The molecule has 0 unspecified atom stereocenters. The highest BCUT2D eigenvalue weighted by Gasteiger charge is 2.34. The van der Waals surface area contributed by atoms with Gasteiger partial charge in [0.05, 0.1) is 22.7 Å². The van der Waals surface area contributed by atoms with Crippen molar-refractivity contribution in [3.8, 4) is 6.07 Å². The van der Waals surface area contributed by atoms with Crippen LogP contribution in [0.15, 0.2) is 42.5 Å². The van der Waals surface area contributed by atoms with Gasteiger partial charge < -0.3 is 20.3 Å². The van der Waals surface area contributed by atoms with Gasteiger partial charge in [-0.3, -0.25) is 9.59 Å². The Labute approximate surface area is 198 Å². The average Bonchev–Trinajstić information content (AvgIpc) is 3.13. The maximum absolute atomic E-state index is 12.4. The predicted octanol–water partition coefficient (Wildman–Crippen LogP) is 4.85. The van der Waals surface area contributed by atoms with Crippen molar-refractivity contribution in [2.24, 2.45) is 11.3 Å². The third-order valence-corrected chi connectivity index (χ3v) is 6.35. The number of nitrogens with one attached hydrogen (secondary N) is 2. The number of benzene rings is 2. The Kier molecular flexibility index (Phi) is 6.29. The first-order valence-electron chi connectivity index (χ1n) is 11.4. The van der Waals surface area contributed by atoms with E-state index >= 15 is 0 Å². The first kappa shape index (κ1) is 23.3. The van der Waals surface area contributed by atoms with Gasteiger partial charge in [-0.2, -0.15) is 5.26 Å². The number of nitrogens with zero attached hydrogens (tertiary/aromatic N) is 3. The summed E-state index contributed by atoms with van der Waals surface area (Å²) in [5.74, 6) is -0.303. The molecule has 1 aromatic heterocycles. The lowest BCUT2D eigenvalue weighted by molar-refractivity contribution is -0.135. The van der Waals surface area contributed by atoms with Crippen LogP contribution in [0, 0.1) is 22.7 Å². The zero-order valence-corrected chi connectivity index (χ0v) is 19.6. The molecule has 1 aliphatic carbocycles. The Morgan fingerprint density at radius 1 is 1.21 bits per heavy atom. The van der Waals surface area contributed by atoms with Gasteiger partial charge in [0.25, 0.3) is 5.91 Å². The van der Waals surface area contributed by atoms with Gasteiger partial charge in [0.15, 0.2) is 0 Å². The highest BCUT2D eigenvalue weighted by molar-refractivity contribution is 5.99. The van der Waals surface area contributed by atoms with Gasteiger partial charge in [-0.1, -0.05) is 20.8 Å². The predicted molar refractivity (Wildman–Crippen MR) is 130 cm³/mol. The molecule has 0 spiro atoms. The highest BCUT2D eigenvalue weighted by atomic mass is 16.4. The van der Waals surface area contributed by atoms with E-state index in [1.165, 1.54) is 6.42 Å². The van der Waals surface area contributed by atoms with Crippen molar-refractivity contribution < 1.29 is 14.7 Å². The van der Waals surface area contributed by atoms with Crippen LogP contribution in [0.4, 0.5) is 11.6 Å². The van der Waals surface area contributed by atoms with Crippen LogP contribution in [-0.4, -0.2) is 33.1 Å². The summed E-state index contributed by atoms with van der Waals surface area (Å²) >= 11 is 0. The summed E-state index contributed by atoms with van der Waals surface area (Å²) < 4.78 is 2.23. The van der Waals surface area contributed by atoms with Crippen LogP contribution >= 0.6 is 0 Å². The van der Waals surface area contributed by atoms with E-state index in [9.17, 15) is 9.59 Å². The molecule has 3 N–H and O–H groups in total. The Morgan fingerprint density at radius 2 is 1.94 bits per heavy atom. The quantitative estimate of drug-likeness (QED) is 0.484. The minimum absolute atomic E-state index is 0.196. The van der Waals surface area contributed by atoms with Crippen molar-refractivity contribution in [2.75, 3.05) is 11.9 Å². The molecule has 1 amide bonds. The van der Waals surface area contributed by atoms with E-state index in [2.05, 4.69) is 42.0 Å². The van der Waals surface area contributed by atoms with Gasteiger partial charge in [0, 0.05) is 17.3 Å². The summed E-state index contributed by atoms with van der Waals surface area (Å²) in [7, 11) is 0. The van der Waals surface area contributed by atoms with Crippen LogP contribution in [0.25, 0.3) is 11.0 Å². The summed E-state index contributed by atoms with van der Waals surface area (Å²) in [6, 6.07) is 14.9. The molecular formula is C26H29N5O3. The second kappa shape index (κ2) is 9.18. The summed E-state index contributed by atoms with van der Waals surface area (Å²) in [5.41, 5.74) is 3.54. The number of amides is 1. The number of aromatic nitrogens is 2. The molecule has 1 aliphatic rings. The third-order valence-electron chi connectivity index (χ3n) is 6.35. The van der Waals surface area contributed by atoms with E-state index in [0.717, 1.165) is 24.0 Å². The molecule has 1 heterocycles. The first-order valence-corrected chi connectivity index (χ1v) is 11.4. The van der Waals surface area contributed by atoms with Crippen molar-refractivity contribution in [3.63, 3.8) is 0 Å². The molecule has 1 fully saturated rings. The lowest BCUT2D eigenvalue weighted by atomic mass is 9.70. The minimum atomic E-state index is -1.10. The van der Waals surface area contributed by atoms with Gasteiger partial charge in [-0.15, -0.1) is 0 Å². The van der Waals surface area contributed by atoms with Crippen LogP contribution in [0.1, 0.15) is 62.0 Å². The highest BCUT2D eigenvalue weighted by Crippen LogP contribution is 2.46. The molecule has 1 saturated carbocycles. The maximum Gasteiger partial charge on any atom is 0.322 e. The van der Waals surface area contributed by atoms with Crippen molar-refractivity contribution in [3.05, 3.63) is 53.6 Å². The number of hydrogen-bond acceptors (Lipinski definition) is 5. The number of nitriles is 1. The van der Waals surface area contributed by atoms with Crippen LogP contribution in [0.3, 0.4) is 0 Å². The number of rotatable bonds is 6. The van der Waals surface area contributed by atoms with Crippen molar-refractivity contribution in [2.45, 2.75) is 46.1 Å². The second-order valence-electron chi connectivity index (χ2n) is 9.97.